The first-order chi connectivity index (χ1) is 33.4. The van der Waals surface area contributed by atoms with Gasteiger partial charge in [-0.3, -0.25) is 14.7 Å². The Morgan fingerprint density at radius 1 is 0.348 bits per heavy atom. The van der Waals surface area contributed by atoms with Crippen molar-refractivity contribution in [1.29, 1.82) is 0 Å². The summed E-state index contributed by atoms with van der Waals surface area (Å²) >= 11 is 0. The lowest BCUT2D eigenvalue weighted by atomic mass is 10.5. The number of ether oxygens (including phenoxy) is 11. The van der Waals surface area contributed by atoms with Crippen molar-refractivity contribution in [1.82, 2.24) is 44.9 Å². The molecule has 4 saturated heterocycles. The van der Waals surface area contributed by atoms with Crippen LogP contribution in [-0.2, 0) is 52.1 Å². The molecule has 29 nitrogen and oxygen atoms in total. The Morgan fingerprint density at radius 3 is 0.928 bits per heavy atom. The molecule has 3 aromatic heterocycles. The van der Waals surface area contributed by atoms with E-state index in [9.17, 15) is 0 Å². The first-order valence-electron chi connectivity index (χ1n) is 22.4. The predicted molar refractivity (Wildman–Crippen MR) is 251 cm³/mol. The van der Waals surface area contributed by atoms with Crippen molar-refractivity contribution < 1.29 is 52.1 Å². The molecule has 4 fully saturated rings. The lowest BCUT2D eigenvalue weighted by Gasteiger charge is -2.31. The number of hydrogen-bond acceptors (Lipinski definition) is 29. The third-order valence-electron chi connectivity index (χ3n) is 10.3. The maximum atomic E-state index is 5.96. The third-order valence-corrected chi connectivity index (χ3v) is 10.3. The van der Waals surface area contributed by atoms with Crippen molar-refractivity contribution in [3.05, 3.63) is 0 Å². The number of rotatable bonds is 35. The number of nitrogens with zero attached hydrogens (tertiary/aromatic N) is 18. The molecule has 7 rings (SSSR count). The van der Waals surface area contributed by atoms with Crippen molar-refractivity contribution in [2.24, 2.45) is 0 Å². The molecular formula is C40H68N18O11. The molecular weight excluding hydrogens is 909 g/mol. The molecule has 69 heavy (non-hydrogen) atoms. The highest BCUT2D eigenvalue weighted by Crippen LogP contribution is 2.25. The average Bonchev–Trinajstić information content (AvgIpc) is 4.10. The van der Waals surface area contributed by atoms with E-state index in [2.05, 4.69) is 4.98 Å². The monoisotopic (exact) mass is 977 g/mol. The van der Waals surface area contributed by atoms with Gasteiger partial charge in [0, 0.05) is 70.7 Å². The van der Waals surface area contributed by atoms with Crippen LogP contribution in [0.5, 0.6) is 0 Å². The van der Waals surface area contributed by atoms with Crippen LogP contribution in [-0.4, -0.2) is 253 Å². The predicted octanol–water partition coefficient (Wildman–Crippen LogP) is -1.47. The lowest BCUT2D eigenvalue weighted by Crippen LogP contribution is -2.42. The molecule has 4 unspecified atom stereocenters. The van der Waals surface area contributed by atoms with Crippen LogP contribution in [0.25, 0.3) is 0 Å². The van der Waals surface area contributed by atoms with Gasteiger partial charge in [0.05, 0.1) is 66.2 Å². The van der Waals surface area contributed by atoms with Crippen LogP contribution < -0.4 is 44.1 Å². The number of anilines is 9. The van der Waals surface area contributed by atoms with Crippen LogP contribution in [0, 0.1) is 0 Å². The van der Waals surface area contributed by atoms with E-state index < -0.39 is 0 Å². The van der Waals surface area contributed by atoms with Crippen LogP contribution in [0.4, 0.5) is 53.5 Å². The Bertz CT molecular complexity index is 2040. The van der Waals surface area contributed by atoms with Gasteiger partial charge >= 0.3 is 0 Å². The summed E-state index contributed by atoms with van der Waals surface area (Å²) in [6.45, 7) is 5.98. The van der Waals surface area contributed by atoms with E-state index >= 15 is 0 Å². The van der Waals surface area contributed by atoms with Crippen molar-refractivity contribution in [2.75, 3.05) is 228 Å². The van der Waals surface area contributed by atoms with Gasteiger partial charge in [-0.1, -0.05) is 0 Å². The smallest absolute Gasteiger partial charge is 0.235 e. The van der Waals surface area contributed by atoms with Gasteiger partial charge < -0.3 is 81.5 Å². The SMILES string of the molecule is COCN(CN(C)c1nc(N(C)C)nc(N(C)COCC2CO2)n1)c1nc(N(C)COCC2CO2)nc(N(C)CN(COC)c2nc(N(C)COCC3CO3)nc(N(COC)COCC3CO3)n2)n1. The molecule has 0 aromatic carbocycles. The van der Waals surface area contributed by atoms with Crippen LogP contribution in [0.3, 0.4) is 0 Å². The minimum Gasteiger partial charge on any atom is -0.371 e. The van der Waals surface area contributed by atoms with E-state index in [4.69, 9.17) is 92.0 Å². The zero-order chi connectivity index (χ0) is 48.9. The quantitative estimate of drug-likeness (QED) is 0.0481. The molecule has 0 saturated carbocycles. The highest BCUT2D eigenvalue weighted by molar-refractivity contribution is 5.51. The summed E-state index contributed by atoms with van der Waals surface area (Å²) in [7, 11) is 17.8. The summed E-state index contributed by atoms with van der Waals surface area (Å²) < 4.78 is 62.0. The molecule has 4 aliphatic heterocycles. The average molecular weight is 977 g/mol. The molecule has 4 aliphatic rings. The van der Waals surface area contributed by atoms with E-state index in [-0.39, 0.29) is 84.9 Å². The molecule has 0 aliphatic carbocycles. The summed E-state index contributed by atoms with van der Waals surface area (Å²) in [6, 6.07) is 0. The van der Waals surface area contributed by atoms with Gasteiger partial charge in [-0.2, -0.15) is 44.9 Å². The molecule has 29 heteroatoms. The fraction of sp³-hybridized carbons (Fsp3) is 0.775. The van der Waals surface area contributed by atoms with Crippen LogP contribution in [0.15, 0.2) is 0 Å². The van der Waals surface area contributed by atoms with E-state index in [0.29, 0.717) is 106 Å². The summed E-state index contributed by atoms with van der Waals surface area (Å²) in [4.78, 5) is 60.0. The fourth-order valence-electron chi connectivity index (χ4n) is 6.18. The Kier molecular flexibility index (Phi) is 18.8. The number of aromatic nitrogens is 9. The van der Waals surface area contributed by atoms with Crippen LogP contribution in [0.1, 0.15) is 0 Å². The second-order valence-electron chi connectivity index (χ2n) is 17.1. The molecule has 0 N–H and O–H groups in total. The normalized spacial score (nSPS) is 18.7. The third kappa shape index (κ3) is 16.2. The molecule has 384 valence electrons. The van der Waals surface area contributed by atoms with E-state index in [0.717, 1.165) is 0 Å². The first-order valence-corrected chi connectivity index (χ1v) is 22.4. The van der Waals surface area contributed by atoms with Gasteiger partial charge in [-0.25, -0.2) is 0 Å². The second-order valence-corrected chi connectivity index (χ2v) is 17.1. The van der Waals surface area contributed by atoms with Gasteiger partial charge in [-0.15, -0.1) is 0 Å². The Morgan fingerprint density at radius 2 is 0.609 bits per heavy atom. The van der Waals surface area contributed by atoms with E-state index in [1.165, 1.54) is 0 Å². The van der Waals surface area contributed by atoms with Gasteiger partial charge in [0.25, 0.3) is 0 Å². The fourth-order valence-corrected chi connectivity index (χ4v) is 6.18. The zero-order valence-electron chi connectivity index (χ0n) is 41.4. The number of epoxide rings is 4. The minimum atomic E-state index is 0.0691. The molecule has 7 heterocycles. The number of methoxy groups -OCH3 is 3. The van der Waals surface area contributed by atoms with Crippen molar-refractivity contribution in [2.45, 2.75) is 24.4 Å². The Balaban J connectivity index is 1.16. The van der Waals surface area contributed by atoms with Crippen molar-refractivity contribution in [3.63, 3.8) is 0 Å². The molecule has 0 amide bonds. The lowest BCUT2D eigenvalue weighted by molar-refractivity contribution is 0.0920. The standard InChI is InChI=1S/C40H68N18O11/c1-50(2)32-41-33(43-35(42-32)53(5)21-62-11-28-15-66-28)51(3)19-56(24-59-8)38-45-34(44-36(46-38)54(6)22-63-12-29-16-67-29)52(4)20-57(25-60-9)39-47-37(55(7)23-64-13-30-17-68-30)48-40(49-39)58(26-61-10)27-65-14-31-18-69-31/h28-31H,11-27H2,1-10H3. The van der Waals surface area contributed by atoms with Crippen molar-refractivity contribution >= 4 is 53.5 Å². The minimum absolute atomic E-state index is 0.0691. The maximum absolute atomic E-state index is 5.96. The van der Waals surface area contributed by atoms with Crippen LogP contribution in [0.2, 0.25) is 0 Å². The maximum Gasteiger partial charge on any atom is 0.235 e. The highest BCUT2D eigenvalue weighted by atomic mass is 16.6. The summed E-state index contributed by atoms with van der Waals surface area (Å²) in [5.74, 6) is 3.19. The van der Waals surface area contributed by atoms with E-state index in [1.807, 2.05) is 78.7 Å². The number of hydrogen-bond donors (Lipinski definition) is 0. The summed E-state index contributed by atoms with van der Waals surface area (Å²) in [5.41, 5.74) is 0. The molecule has 3 aromatic rings. The highest BCUT2D eigenvalue weighted by Gasteiger charge is 2.29. The molecule has 0 radical (unpaired) electrons. The summed E-state index contributed by atoms with van der Waals surface area (Å²) in [6.07, 6.45) is 0.371. The Labute approximate surface area is 402 Å². The van der Waals surface area contributed by atoms with Crippen LogP contribution >= 0.6 is 0 Å². The second kappa shape index (κ2) is 25.1. The molecule has 0 spiro atoms. The summed E-state index contributed by atoms with van der Waals surface area (Å²) in [5, 5.41) is 0. The molecule has 4 atom stereocenters. The molecule has 0 bridgehead atoms. The first kappa shape index (κ1) is 51.6. The van der Waals surface area contributed by atoms with Gasteiger partial charge in [0.15, 0.2) is 0 Å². The van der Waals surface area contributed by atoms with E-state index in [1.54, 1.807) is 36.0 Å². The van der Waals surface area contributed by atoms with Gasteiger partial charge in [0.1, 0.15) is 71.5 Å². The Hall–Kier alpha value is -5.21. The topological polar surface area (TPSA) is 260 Å². The van der Waals surface area contributed by atoms with Gasteiger partial charge in [-0.05, 0) is 0 Å². The van der Waals surface area contributed by atoms with Gasteiger partial charge in [0.2, 0.25) is 53.5 Å². The zero-order valence-corrected chi connectivity index (χ0v) is 41.4. The van der Waals surface area contributed by atoms with Crippen molar-refractivity contribution in [3.8, 4) is 0 Å². The largest absolute Gasteiger partial charge is 0.371 e.